The second-order valence-electron chi connectivity index (χ2n) is 35.9. The third kappa shape index (κ3) is 24.8. The van der Waals surface area contributed by atoms with Gasteiger partial charge >= 0.3 is 48.0 Å². The fourth-order valence-corrected chi connectivity index (χ4v) is 19.4. The first-order chi connectivity index (χ1) is 70.6. The summed E-state index contributed by atoms with van der Waals surface area (Å²) < 4.78 is 87.1. The van der Waals surface area contributed by atoms with Crippen LogP contribution in [0.5, 0.6) is 11.5 Å². The maximum atomic E-state index is 13.4. The van der Waals surface area contributed by atoms with Gasteiger partial charge in [-0.05, 0) is 329 Å². The summed E-state index contributed by atoms with van der Waals surface area (Å²) in [5.41, 5.74) is 23.6. The number of aromatic nitrogens is 2. The molecule has 36 heteroatoms. The van der Waals surface area contributed by atoms with Gasteiger partial charge < -0.3 is 77.0 Å². The van der Waals surface area contributed by atoms with E-state index in [9.17, 15) is 104 Å². The molecule has 13 N–H and O–H groups in total. The van der Waals surface area contributed by atoms with Crippen LogP contribution in [-0.4, -0.2) is 138 Å². The number of hydrogen-bond acceptors (Lipinski definition) is 18. The van der Waals surface area contributed by atoms with Crippen LogP contribution in [0.3, 0.4) is 0 Å². The second-order valence-corrected chi connectivity index (χ2v) is 38.8. The summed E-state index contributed by atoms with van der Waals surface area (Å²) in [7, 11) is -3.94. The number of benzene rings is 12. The first-order valence-electron chi connectivity index (χ1n) is 46.3. The molecular weight excluding hydrogens is 1960 g/mol. The summed E-state index contributed by atoms with van der Waals surface area (Å²) in [6, 6.07) is 59.4. The van der Waals surface area contributed by atoms with Crippen molar-refractivity contribution in [3.63, 3.8) is 0 Å². The number of aromatic carboxylic acids is 6. The lowest BCUT2D eigenvalue weighted by Gasteiger charge is -2.32. The molecule has 12 aromatic carbocycles. The number of aryl methyl sites for hydroxylation is 12. The summed E-state index contributed by atoms with van der Waals surface area (Å²) in [5, 5.41) is 70.8. The molecule has 0 saturated heterocycles. The zero-order valence-corrected chi connectivity index (χ0v) is 83.2. The van der Waals surface area contributed by atoms with E-state index in [1.165, 1.54) is 129 Å². The number of carbonyl (C=O) groups is 12. The number of H-pyrrole nitrogens is 1. The summed E-state index contributed by atoms with van der Waals surface area (Å²) in [4.78, 5) is 150. The Morgan fingerprint density at radius 3 is 1.19 bits per heavy atom. The molecule has 0 bridgehead atoms. The Labute approximate surface area is 855 Å². The molecule has 762 valence electrons. The maximum absolute atomic E-state index is 13.4. The number of nitrogens with zero attached hydrogens (tertiary/aromatic N) is 1. The minimum absolute atomic E-state index is 0.0312. The van der Waals surface area contributed by atoms with Gasteiger partial charge in [-0.1, -0.05) is 115 Å². The number of para-hydroxylation sites is 6. The summed E-state index contributed by atoms with van der Waals surface area (Å²) >= 11 is 1.11. The summed E-state index contributed by atoms with van der Waals surface area (Å²) in [6.07, 6.45) is 1.24. The van der Waals surface area contributed by atoms with Crippen LogP contribution in [0.15, 0.2) is 250 Å². The van der Waals surface area contributed by atoms with E-state index < -0.39 is 92.0 Å². The Kier molecular flexibility index (Phi) is 32.3. The number of carboxylic acid groups (broad SMARTS) is 6. The normalized spacial score (nSPS) is 14.4. The molecule has 4 heterocycles. The number of halogens is 4. The number of imidazole rings is 1. The maximum Gasteiger partial charge on any atom is 0.507 e. The molecule has 3 aliphatic heterocycles. The van der Waals surface area contributed by atoms with Crippen LogP contribution < -0.4 is 41.4 Å². The highest BCUT2D eigenvalue weighted by Crippen LogP contribution is 2.51. The number of amides is 6. The Hall–Kier alpha value is -17.7. The van der Waals surface area contributed by atoms with Crippen LogP contribution in [0.4, 0.5) is 51.7 Å². The molecule has 3 aliphatic carbocycles. The molecule has 19 rings (SSSR count). The quantitative estimate of drug-likeness (QED) is 0.0355. The fraction of sp³-hybridized carbons (Fsp3) is 0.177. The minimum Gasteiger partial charge on any atom is -0.478 e. The molecule has 30 nitrogen and oxygen atoms in total. The van der Waals surface area contributed by atoms with Gasteiger partial charge in [-0.3, -0.25) is 28.8 Å². The van der Waals surface area contributed by atoms with Crippen LogP contribution in [0, 0.1) is 75.2 Å². The number of carboxylic acids is 6. The number of sulfone groups is 1. The molecule has 0 fully saturated rings. The van der Waals surface area contributed by atoms with E-state index >= 15 is 0 Å². The van der Waals surface area contributed by atoms with Crippen molar-refractivity contribution in [1.29, 1.82) is 0 Å². The van der Waals surface area contributed by atoms with Crippen LogP contribution in [0.1, 0.15) is 186 Å². The van der Waals surface area contributed by atoms with Gasteiger partial charge in [0.2, 0.25) is 15.7 Å². The average molecular weight is 2060 g/mol. The SMILES string of the molecule is Cc1cc2c(cc1C)CC(C(=O)Nc1ccccc1C(=O)O)=C2.Cc1cc2c(cc1C)CC(C(=O)Nc1ccccc1C(=O)O)CC2.Cc1cc2c(cc1C)CCC(C(=O)Nc1ccccc1C(=O)O)=C2.Cc1cc2c(cc1C)S(=O)(=O)C(C(=O)Nc1ccccc1C(=O)O)=C2.Cc1cc2nc(C(=O)Nc3ccccc3C(=O)O)[nH]c2cc1C.O=C(Nc1ccccc1C(=O)O)C1=Cc2cc3c(cc2SC1)OC(F)(F)C(F)(F)O3. The van der Waals surface area contributed by atoms with E-state index in [0.29, 0.717) is 69.0 Å². The molecule has 149 heavy (non-hydrogen) atoms. The number of thioether (sulfide) groups is 1. The zero-order chi connectivity index (χ0) is 108. The van der Waals surface area contributed by atoms with Gasteiger partial charge in [-0.25, -0.2) is 42.2 Å². The first-order valence-corrected chi connectivity index (χ1v) is 48.8. The third-order valence-corrected chi connectivity index (χ3v) is 28.5. The number of fused-ring (bicyclic) bond motifs is 7. The van der Waals surface area contributed by atoms with Crippen molar-refractivity contribution >= 4 is 162 Å². The highest BCUT2D eigenvalue weighted by Gasteiger charge is 2.66. The summed E-state index contributed by atoms with van der Waals surface area (Å²) in [6.45, 7) is 20.1. The van der Waals surface area contributed by atoms with Crippen molar-refractivity contribution in [2.24, 2.45) is 5.92 Å². The number of hydrogen-bond donors (Lipinski definition) is 13. The molecule has 0 saturated carbocycles. The van der Waals surface area contributed by atoms with Crippen molar-refractivity contribution < 1.29 is 124 Å². The minimum atomic E-state index is -4.85. The highest BCUT2D eigenvalue weighted by molar-refractivity contribution is 7.99. The molecule has 1 aromatic heterocycles. The number of aromatic amines is 1. The number of rotatable bonds is 18. The van der Waals surface area contributed by atoms with E-state index in [-0.39, 0.29) is 96.1 Å². The largest absolute Gasteiger partial charge is 0.507 e. The molecule has 1 atom stereocenters. The van der Waals surface area contributed by atoms with Crippen molar-refractivity contribution in [3.05, 3.63) is 379 Å². The first kappa shape index (κ1) is 107. The molecule has 0 radical (unpaired) electrons. The second kappa shape index (κ2) is 44.9. The van der Waals surface area contributed by atoms with Crippen molar-refractivity contribution in [2.45, 2.75) is 130 Å². The Bertz CT molecular complexity index is 7960. The summed E-state index contributed by atoms with van der Waals surface area (Å²) in [5.74, 6) is -10.2. The van der Waals surface area contributed by atoms with Gasteiger partial charge in [0.1, 0.15) is 4.91 Å². The van der Waals surface area contributed by atoms with Crippen molar-refractivity contribution in [2.75, 3.05) is 37.7 Å². The Morgan fingerprint density at radius 2 is 0.718 bits per heavy atom. The molecule has 6 amide bonds. The molecule has 6 aliphatic rings. The van der Waals surface area contributed by atoms with E-state index in [2.05, 4.69) is 122 Å². The number of ether oxygens (including phenoxy) is 2. The van der Waals surface area contributed by atoms with Gasteiger partial charge in [0, 0.05) is 39.7 Å². The zero-order valence-electron chi connectivity index (χ0n) is 81.6. The van der Waals surface area contributed by atoms with Gasteiger partial charge in [0.15, 0.2) is 17.3 Å². The van der Waals surface area contributed by atoms with E-state index in [4.69, 9.17) is 10.2 Å². The Morgan fingerprint density at radius 1 is 0.362 bits per heavy atom. The number of nitrogens with one attached hydrogen (secondary N) is 7. The molecule has 0 spiro atoms. The molecular formula is C113H98F4N8O22S2. The van der Waals surface area contributed by atoms with Gasteiger partial charge in [-0.2, -0.15) is 17.6 Å². The standard InChI is InChI=1S/C20H21NO3.C20H19NO3.C19H11F4NO5S.C19H17NO3.C18H15NO5S.C17H15N3O3/c2*1-12-9-14-7-8-15(11-16(14)10-13(12)2)19(22)21-18-6-4-3-5-17(18)20(23)24;20-18(21)19(22,23)29-14-7-15-9(6-13(14)28-18)5-10(8-30-15)16(25)24-12-4-2-1-3-11(12)17(26)27;1-11-7-13-9-15(10-14(13)8-12(11)2)18(21)20-17-6-4-3-5-16(17)19(22)23;1-10-7-12-9-16(25(23,24)15(12)8-11(10)2)17(20)19-14-6-4-3-5-13(14)18(21)22;1-9-7-13-14(8-10(9)2)19-15(18-13)16(21)20-12-6-4-3-5-11(12)17(22)23/h3-6,9-10,15H,7-8,11H2,1-2H3,(H,21,22)(H,23,24);3-6,9-11H,7-8H2,1-2H3,(H,21,22)(H,23,24);1-7H,8H2,(H,24,25)(H,26,27);3-9H,10H2,1-2H3,(H,20,21)(H,22,23);3-9H,1-2H3,(H,19,20)(H,21,22);3-8H,1-2H3,(H,18,19)(H,20,21)(H,22,23). The van der Waals surface area contributed by atoms with Gasteiger partial charge in [-0.15, -0.1) is 11.8 Å². The van der Waals surface area contributed by atoms with Gasteiger partial charge in [0.25, 0.3) is 29.5 Å². The smallest absolute Gasteiger partial charge is 0.478 e. The predicted octanol–water partition coefficient (Wildman–Crippen LogP) is 21.7. The lowest BCUT2D eigenvalue weighted by Crippen LogP contribution is -2.52. The monoisotopic (exact) mass is 2060 g/mol. The predicted molar refractivity (Wildman–Crippen MR) is 556 cm³/mol. The van der Waals surface area contributed by atoms with E-state index in [1.807, 2.05) is 52.0 Å². The van der Waals surface area contributed by atoms with Crippen molar-refractivity contribution in [1.82, 2.24) is 9.97 Å². The van der Waals surface area contributed by atoms with Crippen LogP contribution in [0.25, 0.3) is 35.3 Å². The lowest BCUT2D eigenvalue weighted by molar-refractivity contribution is -0.391. The average Bonchev–Trinajstić information content (AvgIpc) is 1.70. The molecule has 13 aromatic rings. The number of alkyl halides is 4. The van der Waals surface area contributed by atoms with Crippen LogP contribution >= 0.6 is 11.8 Å². The molecule has 1 unspecified atom stereocenters. The highest BCUT2D eigenvalue weighted by atomic mass is 32.2. The van der Waals surface area contributed by atoms with Crippen molar-refractivity contribution in [3.8, 4) is 11.5 Å². The lowest BCUT2D eigenvalue weighted by atomic mass is 9.82. The van der Waals surface area contributed by atoms with Crippen LogP contribution in [0.2, 0.25) is 0 Å². The number of anilines is 6. The van der Waals surface area contributed by atoms with E-state index in [0.717, 1.165) is 87.6 Å². The van der Waals surface area contributed by atoms with Gasteiger partial charge in [0.05, 0.1) is 83.4 Å². The van der Waals surface area contributed by atoms with E-state index in [1.54, 1.807) is 97.9 Å². The van der Waals surface area contributed by atoms with Crippen LogP contribution in [-0.2, 0) is 59.5 Å². The fourth-order valence-electron chi connectivity index (χ4n) is 16.8. The topological polar surface area (TPSA) is 480 Å². The Balaban J connectivity index is 0.000000141. The number of carbonyl (C=O) groups excluding carboxylic acids is 6. The third-order valence-electron chi connectivity index (χ3n) is 25.6.